The molecular formula is C20H16ClN3OS. The predicted octanol–water partition coefficient (Wildman–Crippen LogP) is 5.78. The first-order chi connectivity index (χ1) is 12.7. The van der Waals surface area contributed by atoms with Crippen molar-refractivity contribution in [3.63, 3.8) is 0 Å². The van der Waals surface area contributed by atoms with Crippen LogP contribution in [0.3, 0.4) is 0 Å². The van der Waals surface area contributed by atoms with Gasteiger partial charge in [-0.15, -0.1) is 10.2 Å². The minimum Gasteiger partial charge on any atom is -0.461 e. The number of hydrogen-bond acceptors (Lipinski definition) is 4. The fourth-order valence-electron chi connectivity index (χ4n) is 2.58. The molecule has 0 atom stereocenters. The van der Waals surface area contributed by atoms with Gasteiger partial charge in [-0.2, -0.15) is 0 Å². The summed E-state index contributed by atoms with van der Waals surface area (Å²) in [4.78, 5) is 0. The molecule has 0 amide bonds. The van der Waals surface area contributed by atoms with Gasteiger partial charge in [0.1, 0.15) is 0 Å². The predicted molar refractivity (Wildman–Crippen MR) is 105 cm³/mol. The van der Waals surface area contributed by atoms with Crippen molar-refractivity contribution < 1.29 is 4.42 Å². The Balaban J connectivity index is 1.70. The van der Waals surface area contributed by atoms with Crippen molar-refractivity contribution in [1.29, 1.82) is 0 Å². The van der Waals surface area contributed by atoms with Crippen LogP contribution < -0.4 is 0 Å². The summed E-state index contributed by atoms with van der Waals surface area (Å²) in [5.41, 5.74) is 3.44. The molecule has 130 valence electrons. The molecule has 0 fully saturated rings. The number of benzene rings is 2. The molecule has 0 N–H and O–H groups in total. The van der Waals surface area contributed by atoms with Gasteiger partial charge < -0.3 is 4.42 Å². The molecule has 4 nitrogen and oxygen atoms in total. The van der Waals surface area contributed by atoms with E-state index in [2.05, 4.69) is 41.4 Å². The third-order valence-electron chi connectivity index (χ3n) is 3.95. The van der Waals surface area contributed by atoms with Crippen LogP contribution in [0.2, 0.25) is 5.02 Å². The second kappa shape index (κ2) is 7.40. The van der Waals surface area contributed by atoms with E-state index in [0.717, 1.165) is 16.6 Å². The Hall–Kier alpha value is -2.50. The summed E-state index contributed by atoms with van der Waals surface area (Å²) >= 11 is 7.68. The van der Waals surface area contributed by atoms with E-state index in [1.165, 1.54) is 11.1 Å². The molecule has 0 saturated heterocycles. The highest BCUT2D eigenvalue weighted by atomic mass is 35.5. The molecule has 2 aromatic heterocycles. The molecular weight excluding hydrogens is 366 g/mol. The molecule has 6 heteroatoms. The maximum atomic E-state index is 6.04. The number of aryl methyl sites for hydroxylation is 1. The van der Waals surface area contributed by atoms with E-state index in [-0.39, 0.29) is 0 Å². The first-order valence-corrected chi connectivity index (χ1v) is 9.50. The molecule has 0 aliphatic carbocycles. The van der Waals surface area contributed by atoms with Gasteiger partial charge in [-0.25, -0.2) is 0 Å². The molecule has 26 heavy (non-hydrogen) atoms. The highest BCUT2D eigenvalue weighted by Crippen LogP contribution is 2.30. The SMILES string of the molecule is Cc1ccc(CSc2nnc(-c3ccco3)n2-c2ccc(Cl)cc2)cc1. The number of rotatable bonds is 5. The van der Waals surface area contributed by atoms with Crippen molar-refractivity contribution in [2.75, 3.05) is 0 Å². The lowest BCUT2D eigenvalue weighted by molar-refractivity contribution is 0.575. The van der Waals surface area contributed by atoms with Crippen LogP contribution in [-0.2, 0) is 5.75 Å². The number of thioether (sulfide) groups is 1. The van der Waals surface area contributed by atoms with Crippen molar-refractivity contribution >= 4 is 23.4 Å². The summed E-state index contributed by atoms with van der Waals surface area (Å²) in [5.74, 6) is 2.16. The number of nitrogens with zero attached hydrogens (tertiary/aromatic N) is 3. The number of hydrogen-bond donors (Lipinski definition) is 0. The highest BCUT2D eigenvalue weighted by Gasteiger charge is 2.18. The molecule has 2 aromatic carbocycles. The molecule has 2 heterocycles. The summed E-state index contributed by atoms with van der Waals surface area (Å²) in [6, 6.07) is 19.9. The molecule has 0 saturated carbocycles. The minimum atomic E-state index is 0.670. The van der Waals surface area contributed by atoms with Crippen LogP contribution in [0.5, 0.6) is 0 Å². The van der Waals surface area contributed by atoms with Gasteiger partial charge in [0.25, 0.3) is 0 Å². The van der Waals surface area contributed by atoms with Crippen LogP contribution in [0.4, 0.5) is 0 Å². The lowest BCUT2D eigenvalue weighted by atomic mass is 10.2. The topological polar surface area (TPSA) is 43.9 Å². The fraction of sp³-hybridized carbons (Fsp3) is 0.100. The first-order valence-electron chi connectivity index (χ1n) is 8.14. The summed E-state index contributed by atoms with van der Waals surface area (Å²) in [5, 5.41) is 10.2. The van der Waals surface area contributed by atoms with E-state index in [0.29, 0.717) is 16.6 Å². The first kappa shape index (κ1) is 16.9. The minimum absolute atomic E-state index is 0.670. The number of furan rings is 1. The zero-order chi connectivity index (χ0) is 17.9. The normalized spacial score (nSPS) is 11.0. The zero-order valence-corrected chi connectivity index (χ0v) is 15.7. The van der Waals surface area contributed by atoms with Gasteiger partial charge in [0.05, 0.1) is 6.26 Å². The van der Waals surface area contributed by atoms with Crippen molar-refractivity contribution in [2.45, 2.75) is 17.8 Å². The molecule has 4 rings (SSSR count). The van der Waals surface area contributed by atoms with E-state index < -0.39 is 0 Å². The van der Waals surface area contributed by atoms with Crippen molar-refractivity contribution in [3.05, 3.63) is 83.1 Å². The van der Waals surface area contributed by atoms with Crippen LogP contribution in [0.25, 0.3) is 17.3 Å². The van der Waals surface area contributed by atoms with E-state index >= 15 is 0 Å². The Kier molecular flexibility index (Phi) is 4.82. The second-order valence-electron chi connectivity index (χ2n) is 5.87. The lowest BCUT2D eigenvalue weighted by Crippen LogP contribution is -1.99. The Labute approximate surface area is 160 Å². The summed E-state index contributed by atoms with van der Waals surface area (Å²) in [6.07, 6.45) is 1.63. The standard InChI is InChI=1S/C20H16ClN3OS/c1-14-4-6-15(7-5-14)13-26-20-23-22-19(18-3-2-12-25-18)24(20)17-10-8-16(21)9-11-17/h2-12H,13H2,1H3. The maximum absolute atomic E-state index is 6.04. The smallest absolute Gasteiger partial charge is 0.205 e. The van der Waals surface area contributed by atoms with Crippen LogP contribution in [0.1, 0.15) is 11.1 Å². The van der Waals surface area contributed by atoms with Crippen molar-refractivity contribution in [3.8, 4) is 17.3 Å². The van der Waals surface area contributed by atoms with Crippen LogP contribution in [0.15, 0.2) is 76.5 Å². The van der Waals surface area contributed by atoms with Gasteiger partial charge in [0, 0.05) is 16.5 Å². The van der Waals surface area contributed by atoms with Crippen molar-refractivity contribution in [2.24, 2.45) is 0 Å². The third-order valence-corrected chi connectivity index (χ3v) is 5.20. The van der Waals surface area contributed by atoms with E-state index in [9.17, 15) is 0 Å². The Morgan fingerprint density at radius 3 is 2.46 bits per heavy atom. The maximum Gasteiger partial charge on any atom is 0.205 e. The Bertz CT molecular complexity index is 993. The van der Waals surface area contributed by atoms with Crippen LogP contribution in [0, 0.1) is 6.92 Å². The molecule has 0 unspecified atom stereocenters. The Morgan fingerprint density at radius 2 is 1.77 bits per heavy atom. The summed E-state index contributed by atoms with van der Waals surface area (Å²) in [6.45, 7) is 2.09. The molecule has 4 aromatic rings. The quantitative estimate of drug-likeness (QED) is 0.411. The van der Waals surface area contributed by atoms with Gasteiger partial charge in [-0.1, -0.05) is 53.2 Å². The van der Waals surface area contributed by atoms with Gasteiger partial charge in [-0.05, 0) is 48.9 Å². The second-order valence-corrected chi connectivity index (χ2v) is 7.25. The Morgan fingerprint density at radius 1 is 1.00 bits per heavy atom. The summed E-state index contributed by atoms with van der Waals surface area (Å²) in [7, 11) is 0. The molecule has 0 aliphatic heterocycles. The van der Waals surface area contributed by atoms with Crippen LogP contribution >= 0.6 is 23.4 Å². The van der Waals surface area contributed by atoms with Gasteiger partial charge in [0.2, 0.25) is 5.82 Å². The van der Waals surface area contributed by atoms with Crippen LogP contribution in [-0.4, -0.2) is 14.8 Å². The average Bonchev–Trinajstić information content (AvgIpc) is 3.31. The average molecular weight is 382 g/mol. The van der Waals surface area contributed by atoms with Crippen molar-refractivity contribution in [1.82, 2.24) is 14.8 Å². The van der Waals surface area contributed by atoms with E-state index in [4.69, 9.17) is 16.0 Å². The molecule has 0 bridgehead atoms. The molecule has 0 spiro atoms. The van der Waals surface area contributed by atoms with Gasteiger partial charge in [0.15, 0.2) is 10.9 Å². The zero-order valence-electron chi connectivity index (χ0n) is 14.1. The van der Waals surface area contributed by atoms with Gasteiger partial charge >= 0.3 is 0 Å². The van der Waals surface area contributed by atoms with E-state index in [1.807, 2.05) is 41.0 Å². The van der Waals surface area contributed by atoms with E-state index in [1.54, 1.807) is 18.0 Å². The third kappa shape index (κ3) is 3.54. The van der Waals surface area contributed by atoms with Gasteiger partial charge in [-0.3, -0.25) is 4.57 Å². The number of halogens is 1. The largest absolute Gasteiger partial charge is 0.461 e. The lowest BCUT2D eigenvalue weighted by Gasteiger charge is -2.09. The fourth-order valence-corrected chi connectivity index (χ4v) is 3.62. The molecule has 0 aliphatic rings. The monoisotopic (exact) mass is 381 g/mol. The highest BCUT2D eigenvalue weighted by molar-refractivity contribution is 7.98. The summed E-state index contributed by atoms with van der Waals surface area (Å²) < 4.78 is 7.53. The molecule has 0 radical (unpaired) electrons. The number of aromatic nitrogens is 3.